The first kappa shape index (κ1) is 40.2. The van der Waals surface area contributed by atoms with E-state index in [9.17, 15) is 21.9 Å². The van der Waals surface area contributed by atoms with Crippen molar-refractivity contribution in [2.24, 2.45) is 0 Å². The van der Waals surface area contributed by atoms with Crippen LogP contribution in [0.3, 0.4) is 0 Å². The summed E-state index contributed by atoms with van der Waals surface area (Å²) in [7, 11) is 0. The van der Waals surface area contributed by atoms with E-state index in [1.807, 2.05) is 126 Å². The van der Waals surface area contributed by atoms with Gasteiger partial charge in [-0.15, -0.1) is 0 Å². The highest BCUT2D eigenvalue weighted by Gasteiger charge is 2.51. The van der Waals surface area contributed by atoms with Crippen molar-refractivity contribution in [1.82, 2.24) is 0 Å². The first-order chi connectivity index (χ1) is 50.6. The molecule has 12 aromatic rings. The standard InChI is InChI=1S/C84H70B2N2OS/c1-82(2,3)59-46-62(54-31-17-11-18-32-54)79(63(47-59)55-33-19-12-20-34-55)87-69-44-43-58(53-29-15-10-16-30-53)45-68(69)86-76-70(87)50-61(84(7,8)9)51-71(76)88(80-64(56-35-21-13-22-36-56)48-60(83(4,5)6)49-65(80)57-37-23-14-24-38-57)72-52-75-78-81(77(72)86)89-73-41-27-25-39-66(73)85(78)67-40-26-28-42-74(67)90-75/h10-52H,1-9H3/i10D,15D,16D,25D,26D,27D,28D,29D,30D,39D,40D,41D,42D,43D,44D,45D,52D. The zero-order valence-electron chi connectivity index (χ0n) is 68.4. The van der Waals surface area contributed by atoms with E-state index in [1.54, 1.807) is 0 Å². The molecule has 16 rings (SSSR count). The summed E-state index contributed by atoms with van der Waals surface area (Å²) in [6, 6.07) is 42.4. The van der Waals surface area contributed by atoms with Gasteiger partial charge in [-0.3, -0.25) is 0 Å². The lowest BCUT2D eigenvalue weighted by Crippen LogP contribution is -2.65. The molecule has 0 radical (unpaired) electrons. The monoisotopic (exact) mass is 1190 g/mol. The second kappa shape index (κ2) is 21.1. The molecule has 0 saturated heterocycles. The summed E-state index contributed by atoms with van der Waals surface area (Å²) in [5, 5.41) is 0. The minimum Gasteiger partial charge on any atom is -0.459 e. The summed E-state index contributed by atoms with van der Waals surface area (Å²) in [5.41, 5.74) is 8.64. The number of benzene rings is 12. The van der Waals surface area contributed by atoms with Crippen LogP contribution >= 0.6 is 11.8 Å². The van der Waals surface area contributed by atoms with Gasteiger partial charge >= 0.3 is 0 Å². The predicted molar refractivity (Wildman–Crippen MR) is 385 cm³/mol. The van der Waals surface area contributed by atoms with Crippen molar-refractivity contribution >= 4 is 92.1 Å². The largest absolute Gasteiger partial charge is 0.459 e. The topological polar surface area (TPSA) is 15.7 Å². The fourth-order valence-corrected chi connectivity index (χ4v) is 14.5. The van der Waals surface area contributed by atoms with Crippen molar-refractivity contribution in [3.8, 4) is 67.1 Å². The Kier molecular flexibility index (Phi) is 9.42. The van der Waals surface area contributed by atoms with Crippen LogP contribution in [-0.2, 0) is 16.2 Å². The molecule has 0 fully saturated rings. The van der Waals surface area contributed by atoms with E-state index in [1.165, 1.54) is 0 Å². The van der Waals surface area contributed by atoms with E-state index in [4.69, 9.17) is 6.11 Å². The Hall–Kier alpha value is -9.48. The molecule has 4 heterocycles. The van der Waals surface area contributed by atoms with Crippen molar-refractivity contribution < 1.29 is 28.0 Å². The second-order valence-corrected chi connectivity index (χ2v) is 27.7. The molecule has 434 valence electrons. The van der Waals surface area contributed by atoms with Crippen LogP contribution in [0.25, 0.3) is 55.6 Å². The first-order valence-electron chi connectivity index (χ1n) is 39.0. The molecule has 0 amide bonds. The molecule has 0 bridgehead atoms. The fourth-order valence-electron chi connectivity index (χ4n) is 13.4. The fraction of sp³-hybridized carbons (Fsp3) is 0.143. The number of rotatable bonds is 7. The summed E-state index contributed by atoms with van der Waals surface area (Å²) in [6.45, 7) is 16.2. The number of anilines is 6. The Labute approximate surface area is 560 Å². The van der Waals surface area contributed by atoms with Gasteiger partial charge in [-0.1, -0.05) is 279 Å². The Morgan fingerprint density at radius 2 is 0.800 bits per heavy atom. The summed E-state index contributed by atoms with van der Waals surface area (Å²) in [6.07, 6.45) is 0. The van der Waals surface area contributed by atoms with Crippen molar-refractivity contribution in [2.75, 3.05) is 9.80 Å². The molecular formula is C84H70B2N2OS. The van der Waals surface area contributed by atoms with Crippen LogP contribution in [0, 0.1) is 0 Å². The van der Waals surface area contributed by atoms with Gasteiger partial charge in [0.05, 0.1) is 34.7 Å². The minimum absolute atomic E-state index is 0.00709. The van der Waals surface area contributed by atoms with E-state index < -0.39 is 137 Å². The van der Waals surface area contributed by atoms with Crippen molar-refractivity contribution in [3.63, 3.8) is 0 Å². The van der Waals surface area contributed by atoms with Crippen LogP contribution in [0.5, 0.6) is 11.5 Å². The van der Waals surface area contributed by atoms with Gasteiger partial charge in [-0.25, -0.2) is 0 Å². The average molecular weight is 1190 g/mol. The van der Waals surface area contributed by atoms with Gasteiger partial charge < -0.3 is 14.5 Å². The smallest absolute Gasteiger partial charge is 0.257 e. The third-order valence-electron chi connectivity index (χ3n) is 18.0. The quantitative estimate of drug-likeness (QED) is 0.148. The highest BCUT2D eigenvalue weighted by molar-refractivity contribution is 8.00. The van der Waals surface area contributed by atoms with Gasteiger partial charge in [0.1, 0.15) is 11.5 Å². The van der Waals surface area contributed by atoms with Crippen LogP contribution in [0.2, 0.25) is 0 Å². The predicted octanol–water partition coefficient (Wildman–Crippen LogP) is 19.1. The Bertz CT molecular complexity index is 5720. The molecule has 3 nitrogen and oxygen atoms in total. The number of para-hydroxylation sites is 1. The number of hydrogen-bond donors (Lipinski definition) is 0. The van der Waals surface area contributed by atoms with Crippen molar-refractivity contribution in [3.05, 3.63) is 277 Å². The summed E-state index contributed by atoms with van der Waals surface area (Å²) < 4.78 is 176. The molecule has 0 aromatic heterocycles. The van der Waals surface area contributed by atoms with Gasteiger partial charge in [-0.05, 0) is 154 Å². The van der Waals surface area contributed by atoms with E-state index in [0.29, 0.717) is 50.5 Å². The average Bonchev–Trinajstić information content (AvgIpc) is 0.663. The second-order valence-electron chi connectivity index (χ2n) is 26.7. The van der Waals surface area contributed by atoms with Gasteiger partial charge in [0.15, 0.2) is 0 Å². The molecule has 0 unspecified atom stereocenters. The number of nitrogens with zero attached hydrogens (tertiary/aromatic N) is 2. The molecule has 0 spiro atoms. The zero-order chi connectivity index (χ0) is 76.2. The lowest BCUT2D eigenvalue weighted by molar-refractivity contribution is 0.490. The Morgan fingerprint density at radius 1 is 0.356 bits per heavy atom. The van der Waals surface area contributed by atoms with E-state index in [0.717, 1.165) is 50.7 Å². The molecule has 4 aliphatic rings. The van der Waals surface area contributed by atoms with Crippen LogP contribution < -0.4 is 47.3 Å². The van der Waals surface area contributed by atoms with E-state index in [2.05, 4.69) is 104 Å². The number of ether oxygens (including phenoxy) is 1. The number of hydrogen-bond acceptors (Lipinski definition) is 4. The maximum atomic E-state index is 11.6. The summed E-state index contributed by atoms with van der Waals surface area (Å²) in [4.78, 5) is 4.21. The highest BCUT2D eigenvalue weighted by Crippen LogP contribution is 2.56. The molecule has 0 saturated carbocycles. The van der Waals surface area contributed by atoms with E-state index >= 15 is 0 Å². The normalized spacial score (nSPS) is 16.2. The number of fused-ring (bicyclic) bond motifs is 9. The lowest BCUT2D eigenvalue weighted by Gasteiger charge is -2.48. The molecule has 0 aliphatic carbocycles. The maximum Gasteiger partial charge on any atom is 0.257 e. The Morgan fingerprint density at radius 3 is 1.30 bits per heavy atom. The molecular weight excluding hydrogens is 1110 g/mol. The minimum atomic E-state index is -1.48. The third-order valence-corrected chi connectivity index (χ3v) is 19.0. The third kappa shape index (κ3) is 9.12. The van der Waals surface area contributed by atoms with Gasteiger partial charge in [-0.2, -0.15) is 0 Å². The van der Waals surface area contributed by atoms with Gasteiger partial charge in [0.25, 0.3) is 13.4 Å². The highest BCUT2D eigenvalue weighted by atomic mass is 32.2. The molecule has 6 heteroatoms. The van der Waals surface area contributed by atoms with E-state index in [-0.39, 0.29) is 66.0 Å². The summed E-state index contributed by atoms with van der Waals surface area (Å²) in [5.74, 6) is -0.437. The van der Waals surface area contributed by atoms with Gasteiger partial charge in [0.2, 0.25) is 0 Å². The van der Waals surface area contributed by atoms with Crippen LogP contribution in [0.15, 0.2) is 270 Å². The van der Waals surface area contributed by atoms with Crippen LogP contribution in [0.1, 0.15) is 102 Å². The van der Waals surface area contributed by atoms with Gasteiger partial charge in [0, 0.05) is 54.8 Å². The first-order valence-corrected chi connectivity index (χ1v) is 31.3. The molecule has 12 aromatic carbocycles. The lowest BCUT2D eigenvalue weighted by atomic mass is 9.30. The van der Waals surface area contributed by atoms with Crippen molar-refractivity contribution in [1.29, 1.82) is 0 Å². The van der Waals surface area contributed by atoms with Crippen LogP contribution in [-0.4, -0.2) is 13.4 Å². The summed E-state index contributed by atoms with van der Waals surface area (Å²) >= 11 is 0.933. The Balaban J connectivity index is 1.21. The molecule has 90 heavy (non-hydrogen) atoms. The molecule has 0 N–H and O–H groups in total. The van der Waals surface area contributed by atoms with Crippen LogP contribution in [0.4, 0.5) is 34.1 Å². The molecule has 4 aliphatic heterocycles. The maximum absolute atomic E-state index is 11.6. The zero-order valence-corrected chi connectivity index (χ0v) is 52.2. The SMILES string of the molecule is [2H]c1c([2H])c([2H])c(-c2c([2H])c([2H])c3c(c2[2H])B2c4c(cc(C(C)(C)C)cc4N(c4c(-c5ccccc5)cc(C(C)(C)C)cc4-c4ccccc4)c4c([2H])c5c6c(c42)Oc2c([2H])c([2H])c([2H])c([2H])c2B6c2c([2H])c([2H])c([2H])c([2H])c2S5)N3c2c(-c3ccccc3)cc(C(C)(C)C)cc2-c2ccccc2)c([2H])c1[2H]. The molecule has 0 atom stereocenters. The van der Waals surface area contributed by atoms with Crippen molar-refractivity contribution in [2.45, 2.75) is 88.3 Å².